The Morgan fingerprint density at radius 3 is 2.67 bits per heavy atom. The summed E-state index contributed by atoms with van der Waals surface area (Å²) in [5.74, 6) is 0.446. The molecule has 4 N–H and O–H groups in total. The van der Waals surface area contributed by atoms with E-state index in [1.54, 1.807) is 0 Å². The molecular weight excluding hydrogens is 226 g/mol. The van der Waals surface area contributed by atoms with Crippen molar-refractivity contribution in [3.63, 3.8) is 0 Å². The van der Waals surface area contributed by atoms with Crippen LogP contribution in [0.4, 0.5) is 0 Å². The Bertz CT molecular complexity index is 301. The Morgan fingerprint density at radius 2 is 2.11 bits per heavy atom. The van der Waals surface area contributed by atoms with Crippen LogP contribution >= 0.6 is 0 Å². The smallest absolute Gasteiger partial charge is 0.188 e. The van der Waals surface area contributed by atoms with Gasteiger partial charge in [-0.25, -0.2) is 0 Å². The maximum Gasteiger partial charge on any atom is 0.188 e. The van der Waals surface area contributed by atoms with E-state index in [0.29, 0.717) is 18.5 Å². The van der Waals surface area contributed by atoms with Crippen molar-refractivity contribution in [1.82, 2.24) is 5.32 Å². The van der Waals surface area contributed by atoms with Crippen molar-refractivity contribution in [2.24, 2.45) is 16.1 Å². The van der Waals surface area contributed by atoms with Crippen LogP contribution < -0.4 is 11.1 Å². The second kappa shape index (κ2) is 5.91. The number of nitrogens with zero attached hydrogens (tertiary/aromatic N) is 1. The summed E-state index contributed by atoms with van der Waals surface area (Å²) in [4.78, 5) is 4.31. The first kappa shape index (κ1) is 15.3. The summed E-state index contributed by atoms with van der Waals surface area (Å²) in [6.45, 7) is 9.00. The van der Waals surface area contributed by atoms with Crippen molar-refractivity contribution < 1.29 is 5.11 Å². The Labute approximate surface area is 111 Å². The second-order valence-electron chi connectivity index (χ2n) is 6.57. The Kier molecular flexibility index (Phi) is 5.02. The number of nitrogens with two attached hydrogens (primary N) is 1. The van der Waals surface area contributed by atoms with Gasteiger partial charge >= 0.3 is 0 Å². The highest BCUT2D eigenvalue weighted by atomic mass is 16.3. The molecule has 4 heteroatoms. The molecule has 2 unspecified atom stereocenters. The molecule has 1 saturated carbocycles. The molecule has 0 aromatic rings. The molecule has 0 heterocycles. The molecule has 0 aromatic carbocycles. The molecule has 0 saturated heterocycles. The molecule has 1 rings (SSSR count). The van der Waals surface area contributed by atoms with Crippen LogP contribution in [0.5, 0.6) is 0 Å². The Balaban J connectivity index is 2.53. The van der Waals surface area contributed by atoms with Gasteiger partial charge in [-0.05, 0) is 44.4 Å². The summed E-state index contributed by atoms with van der Waals surface area (Å²) in [7, 11) is 0. The van der Waals surface area contributed by atoms with Crippen LogP contribution in [0.2, 0.25) is 0 Å². The molecule has 0 aliphatic heterocycles. The van der Waals surface area contributed by atoms with Gasteiger partial charge in [-0.15, -0.1) is 0 Å². The highest BCUT2D eigenvalue weighted by Gasteiger charge is 2.38. The topological polar surface area (TPSA) is 70.6 Å². The lowest BCUT2D eigenvalue weighted by Crippen LogP contribution is -2.44. The largest absolute Gasteiger partial charge is 0.388 e. The quantitative estimate of drug-likeness (QED) is 0.531. The van der Waals surface area contributed by atoms with E-state index in [1.165, 1.54) is 6.42 Å². The lowest BCUT2D eigenvalue weighted by atomic mass is 9.70. The molecule has 0 aromatic heterocycles. The van der Waals surface area contributed by atoms with Crippen molar-refractivity contribution in [2.45, 2.75) is 71.4 Å². The maximum absolute atomic E-state index is 10.6. The fourth-order valence-corrected chi connectivity index (χ4v) is 2.73. The number of aliphatic imine (C=N–C) groups is 1. The zero-order valence-corrected chi connectivity index (χ0v) is 12.3. The molecule has 0 radical (unpaired) electrons. The van der Waals surface area contributed by atoms with Crippen molar-refractivity contribution in [2.75, 3.05) is 6.54 Å². The third kappa shape index (κ3) is 4.84. The Morgan fingerprint density at radius 1 is 1.44 bits per heavy atom. The number of guanidine groups is 1. The highest BCUT2D eigenvalue weighted by Crippen LogP contribution is 2.40. The summed E-state index contributed by atoms with van der Waals surface area (Å²) in [5.41, 5.74) is 5.35. The highest BCUT2D eigenvalue weighted by molar-refractivity contribution is 5.78. The van der Waals surface area contributed by atoms with E-state index < -0.39 is 5.60 Å². The van der Waals surface area contributed by atoms with E-state index in [2.05, 4.69) is 38.0 Å². The molecule has 0 spiro atoms. The second-order valence-corrected chi connectivity index (χ2v) is 6.57. The zero-order chi connectivity index (χ0) is 13.8. The minimum Gasteiger partial charge on any atom is -0.388 e. The standard InChI is InChI=1S/C14H29N3O/c1-5-11(2)17-12(15)16-10-14(18)8-6-7-13(3,4)9-14/h11,18H,5-10H2,1-4H3,(H3,15,16,17). The molecule has 106 valence electrons. The zero-order valence-electron chi connectivity index (χ0n) is 12.3. The third-order valence-corrected chi connectivity index (χ3v) is 3.85. The van der Waals surface area contributed by atoms with Gasteiger partial charge < -0.3 is 16.2 Å². The van der Waals surface area contributed by atoms with Gasteiger partial charge in [-0.3, -0.25) is 4.99 Å². The van der Waals surface area contributed by atoms with Gasteiger partial charge in [0.25, 0.3) is 0 Å². The molecule has 0 amide bonds. The van der Waals surface area contributed by atoms with Gasteiger partial charge in [-0.2, -0.15) is 0 Å². The molecular formula is C14H29N3O. The maximum atomic E-state index is 10.6. The van der Waals surface area contributed by atoms with E-state index in [-0.39, 0.29) is 5.41 Å². The van der Waals surface area contributed by atoms with Crippen LogP contribution in [0.25, 0.3) is 0 Å². The average Bonchev–Trinajstić information content (AvgIpc) is 2.24. The summed E-state index contributed by atoms with van der Waals surface area (Å²) >= 11 is 0. The van der Waals surface area contributed by atoms with Gasteiger partial charge in [0.2, 0.25) is 0 Å². The normalized spacial score (nSPS) is 29.9. The lowest BCUT2D eigenvalue weighted by Gasteiger charge is -2.40. The number of aliphatic hydroxyl groups is 1. The molecule has 2 atom stereocenters. The van der Waals surface area contributed by atoms with Gasteiger partial charge in [0.05, 0.1) is 12.1 Å². The monoisotopic (exact) mass is 255 g/mol. The predicted molar refractivity (Wildman–Crippen MR) is 76.6 cm³/mol. The van der Waals surface area contributed by atoms with Crippen molar-refractivity contribution in [3.8, 4) is 0 Å². The molecule has 1 aliphatic rings. The van der Waals surface area contributed by atoms with E-state index in [1.807, 2.05) is 0 Å². The van der Waals surface area contributed by atoms with E-state index >= 15 is 0 Å². The fourth-order valence-electron chi connectivity index (χ4n) is 2.73. The first-order valence-corrected chi connectivity index (χ1v) is 7.05. The van der Waals surface area contributed by atoms with Gasteiger partial charge in [0.15, 0.2) is 5.96 Å². The van der Waals surface area contributed by atoms with Gasteiger partial charge in [0.1, 0.15) is 0 Å². The van der Waals surface area contributed by atoms with Crippen LogP contribution in [0.3, 0.4) is 0 Å². The first-order chi connectivity index (χ1) is 8.26. The van der Waals surface area contributed by atoms with Crippen LogP contribution in [-0.2, 0) is 0 Å². The Hall–Kier alpha value is -0.770. The van der Waals surface area contributed by atoms with E-state index in [0.717, 1.165) is 25.7 Å². The third-order valence-electron chi connectivity index (χ3n) is 3.85. The van der Waals surface area contributed by atoms with Gasteiger partial charge in [-0.1, -0.05) is 20.8 Å². The van der Waals surface area contributed by atoms with Crippen molar-refractivity contribution in [3.05, 3.63) is 0 Å². The van der Waals surface area contributed by atoms with Gasteiger partial charge in [0, 0.05) is 6.04 Å². The first-order valence-electron chi connectivity index (χ1n) is 7.05. The van der Waals surface area contributed by atoms with Crippen molar-refractivity contribution in [1.29, 1.82) is 0 Å². The summed E-state index contributed by atoms with van der Waals surface area (Å²) in [5, 5.41) is 13.7. The predicted octanol–water partition coefficient (Wildman–Crippen LogP) is 2.02. The molecule has 0 bridgehead atoms. The number of hydrogen-bond donors (Lipinski definition) is 3. The fraction of sp³-hybridized carbons (Fsp3) is 0.929. The minimum absolute atomic E-state index is 0.210. The minimum atomic E-state index is -0.677. The molecule has 1 aliphatic carbocycles. The van der Waals surface area contributed by atoms with Crippen LogP contribution in [0.15, 0.2) is 4.99 Å². The average molecular weight is 255 g/mol. The van der Waals surface area contributed by atoms with Crippen molar-refractivity contribution >= 4 is 5.96 Å². The number of hydrogen-bond acceptors (Lipinski definition) is 2. The number of rotatable bonds is 4. The summed E-state index contributed by atoms with van der Waals surface area (Å²) in [6, 6.07) is 0.325. The number of nitrogens with one attached hydrogen (secondary N) is 1. The molecule has 1 fully saturated rings. The van der Waals surface area contributed by atoms with E-state index in [9.17, 15) is 5.11 Å². The molecule has 4 nitrogen and oxygen atoms in total. The molecule has 18 heavy (non-hydrogen) atoms. The van der Waals surface area contributed by atoms with Crippen LogP contribution in [-0.4, -0.2) is 29.3 Å². The van der Waals surface area contributed by atoms with E-state index in [4.69, 9.17) is 5.73 Å². The van der Waals surface area contributed by atoms with Crippen LogP contribution in [0, 0.1) is 5.41 Å². The summed E-state index contributed by atoms with van der Waals surface area (Å²) < 4.78 is 0. The summed E-state index contributed by atoms with van der Waals surface area (Å²) in [6.07, 6.45) is 4.89. The SMILES string of the molecule is CCC(C)NC(N)=NCC1(O)CCCC(C)(C)C1. The van der Waals surface area contributed by atoms with Crippen LogP contribution in [0.1, 0.15) is 59.8 Å². The lowest BCUT2D eigenvalue weighted by molar-refractivity contribution is -0.0307.